The number of hydrogen-bond acceptors (Lipinski definition) is 8. The van der Waals surface area contributed by atoms with Crippen molar-refractivity contribution in [2.75, 3.05) is 29.9 Å². The van der Waals surface area contributed by atoms with E-state index in [2.05, 4.69) is 25.2 Å². The molecular weight excluding hydrogens is 522 g/mol. The Bertz CT molecular complexity index is 1360. The summed E-state index contributed by atoms with van der Waals surface area (Å²) >= 11 is 0. The fraction of sp³-hybridized carbons (Fsp3) is 0.452. The average Bonchev–Trinajstić information content (AvgIpc) is 2.94. The average molecular weight is 562 g/mol. The topological polar surface area (TPSA) is 127 Å². The van der Waals surface area contributed by atoms with Crippen molar-refractivity contribution in [3.05, 3.63) is 66.1 Å². The van der Waals surface area contributed by atoms with Gasteiger partial charge in [0.25, 0.3) is 5.88 Å². The van der Waals surface area contributed by atoms with Crippen molar-refractivity contribution in [3.8, 4) is 11.6 Å². The first kappa shape index (κ1) is 29.8. The van der Waals surface area contributed by atoms with Gasteiger partial charge in [-0.05, 0) is 77.1 Å². The number of ether oxygens (including phenoxy) is 2. The number of nitrogens with one attached hydrogen (secondary N) is 1. The minimum absolute atomic E-state index is 0.0964. The Balaban J connectivity index is 1.41. The lowest BCUT2D eigenvalue weighted by Crippen LogP contribution is -2.42. The first-order valence-corrected chi connectivity index (χ1v) is 14.0. The number of carboxylic acid groups (broad SMARTS) is 1. The third-order valence-corrected chi connectivity index (χ3v) is 7.35. The summed E-state index contributed by atoms with van der Waals surface area (Å²) in [5.74, 6) is 1.06. The molecule has 3 aromatic rings. The van der Waals surface area contributed by atoms with Gasteiger partial charge in [0.05, 0.1) is 36.4 Å². The zero-order chi connectivity index (χ0) is 29.6. The molecule has 1 aromatic carbocycles. The van der Waals surface area contributed by atoms with Crippen molar-refractivity contribution >= 4 is 23.5 Å². The summed E-state index contributed by atoms with van der Waals surface area (Å²) in [5.41, 5.74) is -0.0164. The van der Waals surface area contributed by atoms with Gasteiger partial charge in [-0.25, -0.2) is 9.97 Å². The molecule has 2 N–H and O–H groups in total. The molecule has 1 atom stereocenters. The van der Waals surface area contributed by atoms with Crippen LogP contribution in [0.3, 0.4) is 0 Å². The van der Waals surface area contributed by atoms with Crippen LogP contribution in [0.1, 0.15) is 58.6 Å². The predicted octanol–water partition coefficient (Wildman–Crippen LogP) is 4.89. The van der Waals surface area contributed by atoms with Gasteiger partial charge in [0.15, 0.2) is 11.6 Å². The molecule has 0 aliphatic carbocycles. The lowest BCUT2D eigenvalue weighted by molar-refractivity contribution is -0.146. The maximum atomic E-state index is 13.4. The molecule has 0 saturated carbocycles. The number of rotatable bonds is 11. The summed E-state index contributed by atoms with van der Waals surface area (Å²) in [6, 6.07) is 11.2. The predicted molar refractivity (Wildman–Crippen MR) is 157 cm³/mol. The molecule has 3 heterocycles. The standard InChI is InChI=1S/C31H39N5O5/c1-6-40-24-10-7-15-33-27(24)41-23-9-8-16-36(20-23)26-19-32-18-25(34-26)35-28(37)31(4,5)22-13-11-21(12-14-22)17-30(2,3)29(38)39/h7,10-15,18-19,23H,6,8-9,16-17,20H2,1-5H3,(H,38,39)(H,34,35,37). The van der Waals surface area contributed by atoms with Gasteiger partial charge in [-0.1, -0.05) is 24.3 Å². The van der Waals surface area contributed by atoms with E-state index in [1.807, 2.05) is 57.2 Å². The molecule has 10 heteroatoms. The highest BCUT2D eigenvalue weighted by Gasteiger charge is 2.32. The van der Waals surface area contributed by atoms with E-state index in [0.29, 0.717) is 42.8 Å². The number of carboxylic acids is 1. The van der Waals surface area contributed by atoms with Crippen LogP contribution in [0.4, 0.5) is 11.6 Å². The quantitative estimate of drug-likeness (QED) is 0.336. The molecule has 1 aliphatic heterocycles. The molecule has 1 saturated heterocycles. The number of aromatic nitrogens is 3. The van der Waals surface area contributed by atoms with Gasteiger partial charge in [-0.15, -0.1) is 0 Å². The van der Waals surface area contributed by atoms with Crippen LogP contribution in [0.15, 0.2) is 55.0 Å². The van der Waals surface area contributed by atoms with E-state index in [0.717, 1.165) is 30.5 Å². The first-order valence-electron chi connectivity index (χ1n) is 14.0. The minimum Gasteiger partial charge on any atom is -0.488 e. The molecule has 10 nitrogen and oxygen atoms in total. The number of aliphatic carboxylic acids is 1. The number of carbonyl (C=O) groups excluding carboxylic acids is 1. The lowest BCUT2D eigenvalue weighted by atomic mass is 9.81. The molecule has 1 aliphatic rings. The molecular formula is C31H39N5O5. The van der Waals surface area contributed by atoms with Crippen LogP contribution in [0, 0.1) is 5.41 Å². The maximum absolute atomic E-state index is 13.4. The summed E-state index contributed by atoms with van der Waals surface area (Å²) in [4.78, 5) is 40.3. The summed E-state index contributed by atoms with van der Waals surface area (Å²) in [6.45, 7) is 10.9. The monoisotopic (exact) mass is 561 g/mol. The molecule has 4 rings (SSSR count). The third-order valence-electron chi connectivity index (χ3n) is 7.35. The van der Waals surface area contributed by atoms with E-state index in [1.54, 1.807) is 26.2 Å². The second-order valence-corrected chi connectivity index (χ2v) is 11.5. The van der Waals surface area contributed by atoms with Crippen molar-refractivity contribution in [3.63, 3.8) is 0 Å². The third kappa shape index (κ3) is 7.31. The largest absolute Gasteiger partial charge is 0.488 e. The molecule has 1 fully saturated rings. The molecule has 1 amide bonds. The summed E-state index contributed by atoms with van der Waals surface area (Å²) in [5, 5.41) is 12.3. The highest BCUT2D eigenvalue weighted by molar-refractivity contribution is 5.98. The molecule has 2 aromatic heterocycles. The first-order chi connectivity index (χ1) is 19.5. The number of piperidine rings is 1. The number of benzene rings is 1. The summed E-state index contributed by atoms with van der Waals surface area (Å²) < 4.78 is 11.9. The lowest BCUT2D eigenvalue weighted by Gasteiger charge is -2.33. The van der Waals surface area contributed by atoms with Crippen LogP contribution in [0.25, 0.3) is 0 Å². The van der Waals surface area contributed by atoms with Gasteiger partial charge < -0.3 is 24.8 Å². The maximum Gasteiger partial charge on any atom is 0.309 e. The van der Waals surface area contributed by atoms with Crippen LogP contribution in [-0.2, 0) is 21.4 Å². The van der Waals surface area contributed by atoms with Crippen molar-refractivity contribution in [2.24, 2.45) is 5.41 Å². The normalized spacial score (nSPS) is 15.7. The van der Waals surface area contributed by atoms with Crippen LogP contribution in [0.5, 0.6) is 11.6 Å². The molecule has 1 unspecified atom stereocenters. The fourth-order valence-electron chi connectivity index (χ4n) is 4.73. The van der Waals surface area contributed by atoms with Gasteiger partial charge in [0.2, 0.25) is 5.91 Å². The van der Waals surface area contributed by atoms with E-state index in [9.17, 15) is 14.7 Å². The fourth-order valence-corrected chi connectivity index (χ4v) is 4.73. The molecule has 0 spiro atoms. The Morgan fingerprint density at radius 3 is 2.59 bits per heavy atom. The zero-order valence-electron chi connectivity index (χ0n) is 24.4. The Kier molecular flexibility index (Phi) is 9.10. The van der Waals surface area contributed by atoms with Crippen molar-refractivity contribution in [2.45, 2.75) is 65.4 Å². The van der Waals surface area contributed by atoms with E-state index >= 15 is 0 Å². The number of carbonyl (C=O) groups is 2. The number of anilines is 2. The van der Waals surface area contributed by atoms with Gasteiger partial charge in [-0.3, -0.25) is 14.6 Å². The SMILES string of the molecule is CCOc1cccnc1OC1CCCN(c2cncc(NC(=O)C(C)(C)c3ccc(CC(C)(C)C(=O)O)cc3)n2)C1. The van der Waals surface area contributed by atoms with E-state index in [-0.39, 0.29) is 12.0 Å². The minimum atomic E-state index is -0.872. The van der Waals surface area contributed by atoms with Crippen LogP contribution >= 0.6 is 0 Å². The van der Waals surface area contributed by atoms with Crippen LogP contribution in [-0.4, -0.2) is 57.7 Å². The second-order valence-electron chi connectivity index (χ2n) is 11.5. The van der Waals surface area contributed by atoms with Gasteiger partial charge in [0.1, 0.15) is 11.9 Å². The number of amides is 1. The molecule has 0 bridgehead atoms. The van der Waals surface area contributed by atoms with Crippen LogP contribution < -0.4 is 19.7 Å². The van der Waals surface area contributed by atoms with Crippen molar-refractivity contribution in [1.29, 1.82) is 0 Å². The van der Waals surface area contributed by atoms with Gasteiger partial charge in [0, 0.05) is 12.7 Å². The number of pyridine rings is 1. The van der Waals surface area contributed by atoms with Crippen molar-refractivity contribution < 1.29 is 24.2 Å². The Hall–Kier alpha value is -4.21. The zero-order valence-corrected chi connectivity index (χ0v) is 24.4. The second kappa shape index (κ2) is 12.5. The van der Waals surface area contributed by atoms with E-state index in [1.165, 1.54) is 6.20 Å². The Morgan fingerprint density at radius 1 is 1.12 bits per heavy atom. The van der Waals surface area contributed by atoms with E-state index < -0.39 is 16.8 Å². The van der Waals surface area contributed by atoms with E-state index in [4.69, 9.17) is 9.47 Å². The number of hydrogen-bond donors (Lipinski definition) is 2. The summed E-state index contributed by atoms with van der Waals surface area (Å²) in [6.07, 6.45) is 7.00. The molecule has 41 heavy (non-hydrogen) atoms. The number of nitrogens with zero attached hydrogens (tertiary/aromatic N) is 4. The van der Waals surface area contributed by atoms with Crippen molar-refractivity contribution in [1.82, 2.24) is 15.0 Å². The highest BCUT2D eigenvalue weighted by Crippen LogP contribution is 2.30. The highest BCUT2D eigenvalue weighted by atomic mass is 16.5. The Morgan fingerprint density at radius 2 is 1.88 bits per heavy atom. The van der Waals surface area contributed by atoms with Crippen LogP contribution in [0.2, 0.25) is 0 Å². The molecule has 218 valence electrons. The Labute approximate surface area is 241 Å². The summed E-state index contributed by atoms with van der Waals surface area (Å²) in [7, 11) is 0. The molecule has 0 radical (unpaired) electrons. The van der Waals surface area contributed by atoms with Gasteiger partial charge >= 0.3 is 5.97 Å². The van der Waals surface area contributed by atoms with Gasteiger partial charge in [-0.2, -0.15) is 0 Å². The smallest absolute Gasteiger partial charge is 0.309 e.